The van der Waals surface area contributed by atoms with E-state index in [9.17, 15) is 0 Å². The summed E-state index contributed by atoms with van der Waals surface area (Å²) in [4.78, 5) is 9.47. The van der Waals surface area contributed by atoms with Gasteiger partial charge in [0, 0.05) is 4.90 Å². The number of hydrogen-bond donors (Lipinski definition) is 2. The first-order chi connectivity index (χ1) is 8.61. The van der Waals surface area contributed by atoms with Crippen LogP contribution in [0.5, 0.6) is 0 Å². The Bertz CT molecular complexity index is 574. The molecule has 3 N–H and O–H groups in total. The molecule has 1 heterocycles. The SMILES string of the molecule is Cc1ccc(C)c(Sc2ncnc(NN)c2Br)c1. The van der Waals surface area contributed by atoms with E-state index >= 15 is 0 Å². The van der Waals surface area contributed by atoms with Crippen LogP contribution in [0, 0.1) is 13.8 Å². The highest BCUT2D eigenvalue weighted by Crippen LogP contribution is 2.36. The van der Waals surface area contributed by atoms with E-state index in [4.69, 9.17) is 5.84 Å². The van der Waals surface area contributed by atoms with Gasteiger partial charge in [0.2, 0.25) is 0 Å². The smallest absolute Gasteiger partial charge is 0.158 e. The summed E-state index contributed by atoms with van der Waals surface area (Å²) >= 11 is 5.04. The van der Waals surface area contributed by atoms with Crippen LogP contribution in [0.3, 0.4) is 0 Å². The number of nitrogens with zero attached hydrogens (tertiary/aromatic N) is 2. The first-order valence-corrected chi connectivity index (χ1v) is 6.95. The molecule has 0 bridgehead atoms. The number of hydrogen-bond acceptors (Lipinski definition) is 5. The van der Waals surface area contributed by atoms with Crippen molar-refractivity contribution in [3.63, 3.8) is 0 Å². The summed E-state index contributed by atoms with van der Waals surface area (Å²) in [7, 11) is 0. The second kappa shape index (κ2) is 5.69. The summed E-state index contributed by atoms with van der Waals surface area (Å²) in [6, 6.07) is 6.35. The Morgan fingerprint density at radius 1 is 1.28 bits per heavy atom. The summed E-state index contributed by atoms with van der Waals surface area (Å²) in [5, 5.41) is 0.839. The fourth-order valence-corrected chi connectivity index (χ4v) is 2.98. The summed E-state index contributed by atoms with van der Waals surface area (Å²) in [6.45, 7) is 4.16. The van der Waals surface area contributed by atoms with Gasteiger partial charge in [0.15, 0.2) is 5.82 Å². The predicted molar refractivity (Wildman–Crippen MR) is 77.6 cm³/mol. The molecule has 0 aliphatic rings. The van der Waals surface area contributed by atoms with Gasteiger partial charge >= 0.3 is 0 Å². The molecule has 0 amide bonds. The average molecular weight is 325 g/mol. The molecule has 0 spiro atoms. The molecule has 0 radical (unpaired) electrons. The number of anilines is 1. The van der Waals surface area contributed by atoms with Crippen LogP contribution in [0.2, 0.25) is 0 Å². The molecule has 4 nitrogen and oxygen atoms in total. The Kier molecular flexibility index (Phi) is 4.21. The van der Waals surface area contributed by atoms with Gasteiger partial charge in [-0.15, -0.1) is 0 Å². The summed E-state index contributed by atoms with van der Waals surface area (Å²) in [6.07, 6.45) is 1.49. The van der Waals surface area contributed by atoms with Gasteiger partial charge in [-0.2, -0.15) is 0 Å². The second-order valence-electron chi connectivity index (χ2n) is 3.86. The van der Waals surface area contributed by atoms with Crippen LogP contribution in [0.15, 0.2) is 38.9 Å². The predicted octanol–water partition coefficient (Wildman–Crippen LogP) is 3.29. The maximum absolute atomic E-state index is 5.39. The van der Waals surface area contributed by atoms with Crippen molar-refractivity contribution in [2.75, 3.05) is 5.43 Å². The summed E-state index contributed by atoms with van der Waals surface area (Å²) < 4.78 is 0.776. The van der Waals surface area contributed by atoms with Crippen LogP contribution >= 0.6 is 27.7 Å². The lowest BCUT2D eigenvalue weighted by atomic mass is 10.2. The maximum atomic E-state index is 5.39. The second-order valence-corrected chi connectivity index (χ2v) is 5.68. The largest absolute Gasteiger partial charge is 0.307 e. The lowest BCUT2D eigenvalue weighted by molar-refractivity contribution is 1.02. The zero-order chi connectivity index (χ0) is 13.1. The first-order valence-electron chi connectivity index (χ1n) is 5.34. The van der Waals surface area contributed by atoms with E-state index in [1.165, 1.54) is 22.3 Å². The summed E-state index contributed by atoms with van der Waals surface area (Å²) in [5.41, 5.74) is 4.98. The molecule has 18 heavy (non-hydrogen) atoms. The number of benzene rings is 1. The Hall–Kier alpha value is -1.11. The summed E-state index contributed by atoms with van der Waals surface area (Å²) in [5.74, 6) is 5.97. The molecule has 0 aliphatic heterocycles. The molecule has 2 aromatic rings. The Balaban J connectivity index is 2.37. The molecule has 6 heteroatoms. The van der Waals surface area contributed by atoms with Crippen molar-refractivity contribution < 1.29 is 0 Å². The standard InChI is InChI=1S/C12H13BrN4S/c1-7-3-4-8(2)9(5-7)18-12-10(13)11(17-14)15-6-16-12/h3-6H,14H2,1-2H3,(H,15,16,17). The van der Waals surface area contributed by atoms with Gasteiger partial charge in [-0.25, -0.2) is 15.8 Å². The minimum atomic E-state index is 0.581. The molecule has 94 valence electrons. The third-order valence-corrected chi connectivity index (χ3v) is 4.62. The van der Waals surface area contributed by atoms with E-state index in [2.05, 4.69) is 63.4 Å². The Morgan fingerprint density at radius 3 is 2.78 bits per heavy atom. The van der Waals surface area contributed by atoms with Gasteiger partial charge in [0.05, 0.1) is 4.47 Å². The highest BCUT2D eigenvalue weighted by molar-refractivity contribution is 9.10. The number of halogens is 1. The molecule has 0 saturated carbocycles. The molecule has 2 rings (SSSR count). The van der Waals surface area contributed by atoms with Gasteiger partial charge in [-0.05, 0) is 47.0 Å². The number of aromatic nitrogens is 2. The van der Waals surface area contributed by atoms with Gasteiger partial charge in [0.25, 0.3) is 0 Å². The van der Waals surface area contributed by atoms with E-state index in [1.807, 2.05) is 0 Å². The van der Waals surface area contributed by atoms with E-state index in [0.29, 0.717) is 5.82 Å². The molecule has 0 fully saturated rings. The maximum Gasteiger partial charge on any atom is 0.158 e. The third-order valence-electron chi connectivity index (χ3n) is 2.44. The molecule has 0 unspecified atom stereocenters. The van der Waals surface area contributed by atoms with Crippen molar-refractivity contribution in [2.45, 2.75) is 23.8 Å². The molecule has 1 aromatic heterocycles. The first kappa shape index (κ1) is 13.3. The molecular formula is C12H13BrN4S. The monoisotopic (exact) mass is 324 g/mol. The van der Waals surface area contributed by atoms with Crippen LogP contribution in [0.4, 0.5) is 5.82 Å². The van der Waals surface area contributed by atoms with Crippen molar-refractivity contribution in [3.05, 3.63) is 40.1 Å². The van der Waals surface area contributed by atoms with Crippen molar-refractivity contribution in [1.29, 1.82) is 0 Å². The number of hydrazine groups is 1. The highest BCUT2D eigenvalue weighted by Gasteiger charge is 2.10. The van der Waals surface area contributed by atoms with Crippen LogP contribution in [0.25, 0.3) is 0 Å². The van der Waals surface area contributed by atoms with Gasteiger partial charge in [0.1, 0.15) is 11.4 Å². The minimum Gasteiger partial charge on any atom is -0.307 e. The van der Waals surface area contributed by atoms with E-state index in [0.717, 1.165) is 9.50 Å². The van der Waals surface area contributed by atoms with Gasteiger partial charge < -0.3 is 5.43 Å². The number of nitrogen functional groups attached to an aromatic ring is 1. The van der Waals surface area contributed by atoms with Gasteiger partial charge in [-0.3, -0.25) is 0 Å². The zero-order valence-electron chi connectivity index (χ0n) is 10.1. The van der Waals surface area contributed by atoms with Crippen LogP contribution in [-0.2, 0) is 0 Å². The Labute approximate surface area is 119 Å². The molecule has 0 aliphatic carbocycles. The Morgan fingerprint density at radius 2 is 2.06 bits per heavy atom. The molecular weight excluding hydrogens is 312 g/mol. The van der Waals surface area contributed by atoms with Crippen molar-refractivity contribution >= 4 is 33.5 Å². The molecule has 0 atom stereocenters. The normalized spacial score (nSPS) is 10.4. The fraction of sp³-hybridized carbons (Fsp3) is 0.167. The van der Waals surface area contributed by atoms with E-state index in [-0.39, 0.29) is 0 Å². The number of rotatable bonds is 3. The number of nitrogens with one attached hydrogen (secondary N) is 1. The van der Waals surface area contributed by atoms with Crippen LogP contribution in [-0.4, -0.2) is 9.97 Å². The lowest BCUT2D eigenvalue weighted by Gasteiger charge is -2.09. The zero-order valence-corrected chi connectivity index (χ0v) is 12.5. The van der Waals surface area contributed by atoms with Crippen LogP contribution < -0.4 is 11.3 Å². The van der Waals surface area contributed by atoms with E-state index < -0.39 is 0 Å². The highest BCUT2D eigenvalue weighted by atomic mass is 79.9. The molecule has 1 aromatic carbocycles. The van der Waals surface area contributed by atoms with Gasteiger partial charge in [-0.1, -0.05) is 23.9 Å². The minimum absolute atomic E-state index is 0.581. The fourth-order valence-electron chi connectivity index (χ4n) is 1.45. The van der Waals surface area contributed by atoms with Crippen molar-refractivity contribution in [3.8, 4) is 0 Å². The van der Waals surface area contributed by atoms with Crippen LogP contribution in [0.1, 0.15) is 11.1 Å². The lowest BCUT2D eigenvalue weighted by Crippen LogP contribution is -2.09. The van der Waals surface area contributed by atoms with E-state index in [1.54, 1.807) is 11.8 Å². The quantitative estimate of drug-likeness (QED) is 0.515. The molecule has 0 saturated heterocycles. The van der Waals surface area contributed by atoms with Crippen molar-refractivity contribution in [2.24, 2.45) is 5.84 Å². The van der Waals surface area contributed by atoms with Crippen molar-refractivity contribution in [1.82, 2.24) is 9.97 Å². The topological polar surface area (TPSA) is 63.8 Å². The number of aryl methyl sites for hydroxylation is 2. The number of nitrogens with two attached hydrogens (primary N) is 1. The third kappa shape index (κ3) is 2.82. The average Bonchev–Trinajstić information content (AvgIpc) is 2.36.